The zero-order valence-electron chi connectivity index (χ0n) is 6.83. The molecule has 0 aliphatic rings. The van der Waals surface area contributed by atoms with Crippen molar-refractivity contribution in [1.82, 2.24) is 4.90 Å². The summed E-state index contributed by atoms with van der Waals surface area (Å²) in [4.78, 5) is 22.1. The Balaban J connectivity index is 3.53. The van der Waals surface area contributed by atoms with Gasteiger partial charge in [0, 0.05) is 26.9 Å². The summed E-state index contributed by atoms with van der Waals surface area (Å²) in [5, 5.41) is 0. The summed E-state index contributed by atoms with van der Waals surface area (Å²) in [5.41, 5.74) is 0. The topological polar surface area (TPSA) is 37.4 Å². The van der Waals surface area contributed by atoms with Crippen LogP contribution in [0, 0.1) is 0 Å². The maximum atomic E-state index is 10.9. The lowest BCUT2D eigenvalue weighted by Crippen LogP contribution is -2.20. The number of allylic oxidation sites excluding steroid dienone is 1. The maximum absolute atomic E-state index is 10.9. The zero-order valence-corrected chi connectivity index (χ0v) is 6.83. The first-order chi connectivity index (χ1) is 5.18. The van der Waals surface area contributed by atoms with Crippen molar-refractivity contribution in [2.45, 2.75) is 12.8 Å². The van der Waals surface area contributed by atoms with Gasteiger partial charge in [-0.3, -0.25) is 9.59 Å². The van der Waals surface area contributed by atoms with Crippen LogP contribution in [0.1, 0.15) is 12.8 Å². The van der Waals surface area contributed by atoms with Gasteiger partial charge < -0.3 is 4.90 Å². The Kier molecular flexibility index (Phi) is 5.07. The highest BCUT2D eigenvalue weighted by molar-refractivity contribution is 5.77. The molecule has 0 aliphatic heterocycles. The van der Waals surface area contributed by atoms with Crippen LogP contribution in [0.25, 0.3) is 0 Å². The highest BCUT2D eigenvalue weighted by Crippen LogP contribution is 1.89. The second-order valence-electron chi connectivity index (χ2n) is 2.31. The number of hydrogen-bond donors (Lipinski definition) is 0. The second kappa shape index (κ2) is 5.65. The number of hydrogen-bond acceptors (Lipinski definition) is 2. The van der Waals surface area contributed by atoms with Crippen LogP contribution in [0.4, 0.5) is 0 Å². The molecule has 0 rings (SSSR count). The molecule has 0 heterocycles. The van der Waals surface area contributed by atoms with E-state index in [0.29, 0.717) is 6.42 Å². The van der Waals surface area contributed by atoms with Gasteiger partial charge in [0.05, 0.1) is 0 Å². The monoisotopic (exact) mass is 154 g/mol. The van der Waals surface area contributed by atoms with Crippen molar-refractivity contribution >= 4 is 12.2 Å². The Morgan fingerprint density at radius 3 is 2.55 bits per heavy atom. The highest BCUT2D eigenvalue weighted by Gasteiger charge is 1.98. The van der Waals surface area contributed by atoms with E-state index in [1.165, 1.54) is 4.90 Å². The molecule has 61 valence electrons. The van der Waals surface area contributed by atoms with Crippen LogP contribution in [-0.2, 0) is 9.59 Å². The second-order valence-corrected chi connectivity index (χ2v) is 2.31. The van der Waals surface area contributed by atoms with E-state index in [1.807, 2.05) is 0 Å². The molecule has 0 spiro atoms. The van der Waals surface area contributed by atoms with Crippen LogP contribution >= 0.6 is 0 Å². The molecular formula is C8H12NO2. The fourth-order valence-corrected chi connectivity index (χ4v) is 0.498. The largest absolute Gasteiger partial charge is 0.349 e. The van der Waals surface area contributed by atoms with Crippen LogP contribution in [0.2, 0.25) is 0 Å². The Labute approximate surface area is 66.7 Å². The van der Waals surface area contributed by atoms with Crippen molar-refractivity contribution in [3.05, 3.63) is 12.2 Å². The molecule has 0 aliphatic carbocycles. The Morgan fingerprint density at radius 2 is 2.09 bits per heavy atom. The van der Waals surface area contributed by atoms with Gasteiger partial charge in [0.2, 0.25) is 12.2 Å². The van der Waals surface area contributed by atoms with Crippen molar-refractivity contribution in [2.75, 3.05) is 14.1 Å². The molecule has 3 heteroatoms. The fraction of sp³-hybridized carbons (Fsp3) is 0.500. The Morgan fingerprint density at radius 1 is 1.45 bits per heavy atom. The van der Waals surface area contributed by atoms with E-state index in [4.69, 9.17) is 0 Å². The van der Waals surface area contributed by atoms with Crippen LogP contribution in [0.3, 0.4) is 0 Å². The fourth-order valence-electron chi connectivity index (χ4n) is 0.498. The smallest absolute Gasteiger partial charge is 0.225 e. The lowest BCUT2D eigenvalue weighted by Gasteiger charge is -2.06. The number of amides is 1. The molecule has 0 N–H and O–H groups in total. The van der Waals surface area contributed by atoms with Crippen molar-refractivity contribution < 1.29 is 9.59 Å². The molecule has 0 unspecified atom stereocenters. The third-order valence-electron chi connectivity index (χ3n) is 1.16. The lowest BCUT2D eigenvalue weighted by atomic mass is 10.3. The summed E-state index contributed by atoms with van der Waals surface area (Å²) in [6.07, 6.45) is 5.64. The number of rotatable bonds is 4. The summed E-state index contributed by atoms with van der Waals surface area (Å²) in [6, 6.07) is 0. The average Bonchev–Trinajstić information content (AvgIpc) is 1.97. The molecule has 0 fully saturated rings. The minimum absolute atomic E-state index is 0.0344. The van der Waals surface area contributed by atoms with Crippen molar-refractivity contribution in [1.29, 1.82) is 0 Å². The molecular weight excluding hydrogens is 142 g/mol. The quantitative estimate of drug-likeness (QED) is 0.553. The SMILES string of the molecule is CN(C)C(=O)C/C=C/C[C]=O. The first-order valence-corrected chi connectivity index (χ1v) is 3.38. The van der Waals surface area contributed by atoms with Crippen LogP contribution in [0.5, 0.6) is 0 Å². The van der Waals surface area contributed by atoms with Crippen molar-refractivity contribution in [3.8, 4) is 0 Å². The van der Waals surface area contributed by atoms with Crippen LogP contribution in [0.15, 0.2) is 12.2 Å². The number of nitrogens with zero attached hydrogens (tertiary/aromatic N) is 1. The van der Waals surface area contributed by atoms with Gasteiger partial charge in [-0.25, -0.2) is 0 Å². The van der Waals surface area contributed by atoms with Gasteiger partial charge in [-0.2, -0.15) is 0 Å². The maximum Gasteiger partial charge on any atom is 0.225 e. The molecule has 0 saturated heterocycles. The predicted molar refractivity (Wildman–Crippen MR) is 42.8 cm³/mol. The minimum atomic E-state index is 0.0344. The van der Waals surface area contributed by atoms with E-state index in [2.05, 4.69) is 0 Å². The van der Waals surface area contributed by atoms with E-state index in [0.717, 1.165) is 0 Å². The predicted octanol–water partition coefficient (Wildman–Crippen LogP) is 0.521. The first kappa shape index (κ1) is 9.88. The van der Waals surface area contributed by atoms with Gasteiger partial charge in [0.1, 0.15) is 0 Å². The number of carbonyl (C=O) groups excluding carboxylic acids is 2. The van der Waals surface area contributed by atoms with E-state index in [-0.39, 0.29) is 12.3 Å². The zero-order chi connectivity index (χ0) is 8.69. The van der Waals surface area contributed by atoms with Gasteiger partial charge in [-0.15, -0.1) is 0 Å². The summed E-state index contributed by atoms with van der Waals surface area (Å²) >= 11 is 0. The van der Waals surface area contributed by atoms with Crippen molar-refractivity contribution in [3.63, 3.8) is 0 Å². The summed E-state index contributed by atoms with van der Waals surface area (Å²) < 4.78 is 0. The van der Waals surface area contributed by atoms with Gasteiger partial charge in [-0.1, -0.05) is 12.2 Å². The lowest BCUT2D eigenvalue weighted by molar-refractivity contribution is -0.127. The molecule has 1 amide bonds. The van der Waals surface area contributed by atoms with Gasteiger partial charge in [-0.05, 0) is 0 Å². The normalized spacial score (nSPS) is 10.0. The highest BCUT2D eigenvalue weighted by atomic mass is 16.2. The molecule has 0 aromatic rings. The minimum Gasteiger partial charge on any atom is -0.349 e. The summed E-state index contributed by atoms with van der Waals surface area (Å²) in [7, 11) is 3.39. The molecule has 0 aromatic heterocycles. The first-order valence-electron chi connectivity index (χ1n) is 3.38. The molecule has 0 atom stereocenters. The van der Waals surface area contributed by atoms with E-state index >= 15 is 0 Å². The standard InChI is InChI=1S/C8H12NO2/c1-9(2)8(11)6-4-3-5-7-10/h3-4H,5-6H2,1-2H3/b4-3+. The molecule has 0 aromatic carbocycles. The molecule has 3 nitrogen and oxygen atoms in total. The third-order valence-corrected chi connectivity index (χ3v) is 1.16. The number of carbonyl (C=O) groups is 1. The van der Waals surface area contributed by atoms with Crippen molar-refractivity contribution in [2.24, 2.45) is 0 Å². The average molecular weight is 154 g/mol. The van der Waals surface area contributed by atoms with Gasteiger partial charge in [0.15, 0.2) is 0 Å². The van der Waals surface area contributed by atoms with E-state index < -0.39 is 0 Å². The molecule has 11 heavy (non-hydrogen) atoms. The van der Waals surface area contributed by atoms with E-state index in [9.17, 15) is 9.59 Å². The van der Waals surface area contributed by atoms with Crippen LogP contribution in [-0.4, -0.2) is 31.2 Å². The summed E-state index contributed by atoms with van der Waals surface area (Å²) in [5.74, 6) is 0.0344. The molecule has 0 saturated carbocycles. The molecule has 0 bridgehead atoms. The van der Waals surface area contributed by atoms with Gasteiger partial charge in [0.25, 0.3) is 0 Å². The van der Waals surface area contributed by atoms with Gasteiger partial charge >= 0.3 is 0 Å². The Bertz CT molecular complexity index is 161. The summed E-state index contributed by atoms with van der Waals surface area (Å²) in [6.45, 7) is 0. The molecule has 1 radical (unpaired) electrons. The van der Waals surface area contributed by atoms with Crippen LogP contribution < -0.4 is 0 Å². The Hall–Kier alpha value is -1.12. The van der Waals surface area contributed by atoms with E-state index in [1.54, 1.807) is 32.5 Å². The third kappa shape index (κ3) is 5.33.